The van der Waals surface area contributed by atoms with Crippen molar-refractivity contribution < 1.29 is 21.6 Å². The molecule has 0 N–H and O–H groups in total. The first kappa shape index (κ1) is 30.8. The molecule has 6 rings (SSSR count). The predicted molar refractivity (Wildman–Crippen MR) is 174 cm³/mol. The number of carbonyl (C=O) groups is 1. The van der Waals surface area contributed by atoms with E-state index in [1.807, 2.05) is 55.5 Å². The van der Waals surface area contributed by atoms with Crippen molar-refractivity contribution in [2.45, 2.75) is 65.2 Å². The normalized spacial score (nSPS) is 25.8. The molecule has 0 radical (unpaired) electrons. The Labute approximate surface area is 265 Å². The van der Waals surface area contributed by atoms with Gasteiger partial charge in [0.15, 0.2) is 19.7 Å². The lowest BCUT2D eigenvalue weighted by molar-refractivity contribution is -0.128. The topological polar surface area (TPSA) is 85.3 Å². The van der Waals surface area contributed by atoms with Crippen LogP contribution >= 0.6 is 11.6 Å². The molecule has 44 heavy (non-hydrogen) atoms. The molecule has 2 aliphatic rings. The van der Waals surface area contributed by atoms with Crippen LogP contribution in [0.25, 0.3) is 0 Å². The Morgan fingerprint density at radius 1 is 0.636 bits per heavy atom. The zero-order valence-electron chi connectivity index (χ0n) is 24.6. The summed E-state index contributed by atoms with van der Waals surface area (Å²) in [4.78, 5) is 14.5. The van der Waals surface area contributed by atoms with Crippen molar-refractivity contribution in [2.75, 3.05) is 0 Å². The average Bonchev–Trinajstić information content (AvgIpc) is 3.01. The molecule has 2 aliphatic carbocycles. The lowest BCUT2D eigenvalue weighted by Gasteiger charge is -2.48. The highest BCUT2D eigenvalue weighted by molar-refractivity contribution is 7.92. The van der Waals surface area contributed by atoms with Crippen LogP contribution in [-0.2, 0) is 24.5 Å². The van der Waals surface area contributed by atoms with Crippen LogP contribution in [0.4, 0.5) is 0 Å². The van der Waals surface area contributed by atoms with Crippen molar-refractivity contribution in [1.82, 2.24) is 0 Å². The highest BCUT2D eigenvalue weighted by Gasteiger charge is 2.56. The highest BCUT2D eigenvalue weighted by Crippen LogP contribution is 2.54. The van der Waals surface area contributed by atoms with Crippen LogP contribution in [-0.4, -0.2) is 33.1 Å². The number of fused-ring (bicyclic) bond motifs is 1. The van der Waals surface area contributed by atoms with Gasteiger partial charge in [-0.15, -0.1) is 0 Å². The van der Waals surface area contributed by atoms with E-state index in [4.69, 9.17) is 11.6 Å². The Bertz CT molecular complexity index is 1890. The number of rotatable bonds is 6. The zero-order chi connectivity index (χ0) is 31.2. The van der Waals surface area contributed by atoms with Crippen molar-refractivity contribution in [3.8, 4) is 0 Å². The third kappa shape index (κ3) is 5.55. The summed E-state index contributed by atoms with van der Waals surface area (Å²) in [5, 5.41) is -1.26. The van der Waals surface area contributed by atoms with Crippen molar-refractivity contribution in [3.05, 3.63) is 130 Å². The molecule has 0 saturated heterocycles. The number of hydrogen-bond donors (Lipinski definition) is 0. The second kappa shape index (κ2) is 11.9. The van der Waals surface area contributed by atoms with Gasteiger partial charge in [-0.1, -0.05) is 90.0 Å². The number of carbonyl (C=O) groups excluding carboxylic acids is 1. The first-order chi connectivity index (χ1) is 21.0. The maximum absolute atomic E-state index is 14.7. The lowest BCUT2D eigenvalue weighted by atomic mass is 9.62. The molecule has 0 spiro atoms. The van der Waals surface area contributed by atoms with E-state index in [1.165, 1.54) is 0 Å². The van der Waals surface area contributed by atoms with Gasteiger partial charge in [0.25, 0.3) is 0 Å². The first-order valence-corrected chi connectivity index (χ1v) is 18.4. The predicted octanol–water partition coefficient (Wildman–Crippen LogP) is 7.51. The fourth-order valence-corrected chi connectivity index (χ4v) is 12.2. The molecule has 4 aromatic rings. The summed E-state index contributed by atoms with van der Waals surface area (Å²) in [5.74, 6) is -2.44. The van der Waals surface area contributed by atoms with Gasteiger partial charge in [0, 0.05) is 29.2 Å². The third-order valence-corrected chi connectivity index (χ3v) is 14.6. The van der Waals surface area contributed by atoms with Gasteiger partial charge >= 0.3 is 0 Å². The molecule has 4 aromatic carbocycles. The quantitative estimate of drug-likeness (QED) is 0.216. The fourth-order valence-electron chi connectivity index (χ4n) is 7.50. The number of halogens is 1. The largest absolute Gasteiger partial charge is 0.299 e. The van der Waals surface area contributed by atoms with Crippen LogP contribution in [0.3, 0.4) is 0 Å². The number of benzene rings is 4. The van der Waals surface area contributed by atoms with E-state index in [1.54, 1.807) is 61.5 Å². The second-order valence-corrected chi connectivity index (χ2v) is 16.9. The van der Waals surface area contributed by atoms with Gasteiger partial charge in [-0.2, -0.15) is 0 Å². The van der Waals surface area contributed by atoms with Gasteiger partial charge in [0.1, 0.15) is 5.78 Å². The Kier molecular flexibility index (Phi) is 8.33. The van der Waals surface area contributed by atoms with Gasteiger partial charge in [0.05, 0.1) is 20.3 Å². The van der Waals surface area contributed by atoms with Crippen LogP contribution in [0.2, 0.25) is 5.02 Å². The summed E-state index contributed by atoms with van der Waals surface area (Å²) >= 11 is 6.20. The molecule has 228 valence electrons. The minimum atomic E-state index is -3.94. The second-order valence-electron chi connectivity index (χ2n) is 12.3. The molecule has 6 atom stereocenters. The summed E-state index contributed by atoms with van der Waals surface area (Å²) < 4.78 is 58.0. The van der Waals surface area contributed by atoms with Crippen LogP contribution in [0.5, 0.6) is 0 Å². The molecule has 0 amide bonds. The summed E-state index contributed by atoms with van der Waals surface area (Å²) in [6.45, 7) is 3.69. The molecule has 0 heterocycles. The van der Waals surface area contributed by atoms with Crippen LogP contribution in [0, 0.1) is 25.7 Å². The molecule has 0 bridgehead atoms. The molecule has 2 fully saturated rings. The first-order valence-electron chi connectivity index (χ1n) is 14.9. The molecule has 8 heteroatoms. The van der Waals surface area contributed by atoms with Crippen LogP contribution in [0.15, 0.2) is 113 Å². The number of ketones is 1. The number of sulfone groups is 2. The molecule has 0 aliphatic heterocycles. The lowest BCUT2D eigenvalue weighted by Crippen LogP contribution is -2.53. The molecular formula is C36H35ClO5S2. The van der Waals surface area contributed by atoms with E-state index >= 15 is 0 Å². The Morgan fingerprint density at radius 2 is 1.25 bits per heavy atom. The minimum Gasteiger partial charge on any atom is -0.299 e. The van der Waals surface area contributed by atoms with Gasteiger partial charge in [-0.05, 0) is 79.6 Å². The number of Topliss-reactive ketones (excluding diaryl/α,β-unsaturated/α-hetero) is 1. The maximum Gasteiger partial charge on any atom is 0.182 e. The van der Waals surface area contributed by atoms with E-state index < -0.39 is 53.8 Å². The van der Waals surface area contributed by atoms with Gasteiger partial charge in [-0.25, -0.2) is 16.8 Å². The maximum atomic E-state index is 14.7. The van der Waals surface area contributed by atoms with Crippen molar-refractivity contribution >= 4 is 37.1 Å². The van der Waals surface area contributed by atoms with Gasteiger partial charge in [-0.3, -0.25) is 4.79 Å². The van der Waals surface area contributed by atoms with E-state index in [0.717, 1.165) is 16.7 Å². The van der Waals surface area contributed by atoms with Crippen molar-refractivity contribution in [2.24, 2.45) is 11.8 Å². The Hall–Kier alpha value is -3.26. The summed E-state index contributed by atoms with van der Waals surface area (Å²) in [6.07, 6.45) is 0.355. The fraction of sp³-hybridized carbons (Fsp3) is 0.306. The van der Waals surface area contributed by atoms with Crippen molar-refractivity contribution in [1.29, 1.82) is 0 Å². The van der Waals surface area contributed by atoms with Gasteiger partial charge in [0.2, 0.25) is 0 Å². The SMILES string of the molecule is Cc1ccc(S(=O)(=O)C2CC3C(=O)CC(c4ccc(Cl)cc4)C(S(=O)(=O)c4ccccc4C)C3CC2c2ccccc2)cc1. The molecule has 0 aromatic heterocycles. The molecule has 2 saturated carbocycles. The number of hydrogen-bond acceptors (Lipinski definition) is 5. The van der Waals surface area contributed by atoms with Gasteiger partial charge < -0.3 is 0 Å². The highest BCUT2D eigenvalue weighted by atomic mass is 35.5. The van der Waals surface area contributed by atoms with E-state index in [0.29, 0.717) is 10.6 Å². The summed E-state index contributed by atoms with van der Waals surface area (Å²) in [6, 6.07) is 30.3. The monoisotopic (exact) mass is 646 g/mol. The standard InChI is InChI=1S/C36H35ClO5S2/c1-23-12-18-28(19-13-23)43(39,40)35-22-31-32(20-29(35)25-9-4-3-5-10-25)36(44(41,42)34-11-7-6-8-24(34)2)30(21-33(31)38)26-14-16-27(37)17-15-26/h3-19,29-32,35-36H,20-22H2,1-2H3. The van der Waals surface area contributed by atoms with Crippen LogP contribution < -0.4 is 0 Å². The van der Waals surface area contributed by atoms with E-state index in [9.17, 15) is 21.6 Å². The van der Waals surface area contributed by atoms with Crippen LogP contribution in [0.1, 0.15) is 53.4 Å². The Balaban J connectivity index is 1.51. The minimum absolute atomic E-state index is 0.0197. The van der Waals surface area contributed by atoms with E-state index in [2.05, 4.69) is 0 Å². The van der Waals surface area contributed by atoms with E-state index in [-0.39, 0.29) is 34.8 Å². The Morgan fingerprint density at radius 3 is 1.91 bits per heavy atom. The molecule has 6 unspecified atom stereocenters. The average molecular weight is 647 g/mol. The summed E-state index contributed by atoms with van der Waals surface area (Å²) in [7, 11) is -7.79. The molecular weight excluding hydrogens is 612 g/mol. The van der Waals surface area contributed by atoms with Crippen molar-refractivity contribution in [3.63, 3.8) is 0 Å². The third-order valence-electron chi connectivity index (χ3n) is 9.66. The zero-order valence-corrected chi connectivity index (χ0v) is 27.0. The smallest absolute Gasteiger partial charge is 0.182 e. The number of aryl methyl sites for hydroxylation is 2. The molecule has 5 nitrogen and oxygen atoms in total. The summed E-state index contributed by atoms with van der Waals surface area (Å²) in [5.41, 5.74) is 3.17.